The first-order valence-electron chi connectivity index (χ1n) is 5.11. The Labute approximate surface area is 94.2 Å². The second-order valence-corrected chi connectivity index (χ2v) is 3.13. The zero-order chi connectivity index (χ0) is 12.0. The molecule has 0 radical (unpaired) electrons. The van der Waals surface area contributed by atoms with Crippen molar-refractivity contribution in [3.63, 3.8) is 0 Å². The van der Waals surface area contributed by atoms with Crippen molar-refractivity contribution in [2.24, 2.45) is 0 Å². The molecule has 0 saturated carbocycles. The zero-order valence-corrected chi connectivity index (χ0v) is 9.19. The van der Waals surface area contributed by atoms with Gasteiger partial charge in [0.1, 0.15) is 11.3 Å². The van der Waals surface area contributed by atoms with E-state index in [9.17, 15) is 4.79 Å². The molecule has 5 heteroatoms. The lowest BCUT2D eigenvalue weighted by atomic mass is 10.1. The summed E-state index contributed by atoms with van der Waals surface area (Å²) in [5.74, 6) is 0.119. The fourth-order valence-electron chi connectivity index (χ4n) is 1.32. The Bertz CT molecular complexity index is 366. The number of amides is 1. The van der Waals surface area contributed by atoms with Crippen molar-refractivity contribution < 1.29 is 14.6 Å². The average Bonchev–Trinajstić information content (AvgIpc) is 2.26. The Morgan fingerprint density at radius 3 is 2.94 bits per heavy atom. The summed E-state index contributed by atoms with van der Waals surface area (Å²) in [6, 6.07) is 5.05. The summed E-state index contributed by atoms with van der Waals surface area (Å²) in [5.41, 5.74) is 6.40. The van der Waals surface area contributed by atoms with E-state index in [1.54, 1.807) is 18.2 Å². The Kier molecular flexibility index (Phi) is 4.60. The molecule has 1 aromatic carbocycles. The number of nitrogens with two attached hydrogens (primary N) is 1. The van der Waals surface area contributed by atoms with Crippen LogP contribution in [0.15, 0.2) is 18.2 Å². The van der Waals surface area contributed by atoms with Crippen LogP contribution in [-0.4, -0.2) is 30.8 Å². The average molecular weight is 224 g/mol. The molecular formula is C11H16N2O3. The molecule has 0 atom stereocenters. The lowest BCUT2D eigenvalue weighted by Crippen LogP contribution is -2.27. The van der Waals surface area contributed by atoms with Gasteiger partial charge in [0.15, 0.2) is 0 Å². The lowest BCUT2D eigenvalue weighted by molar-refractivity contribution is 0.0942. The van der Waals surface area contributed by atoms with Crippen molar-refractivity contribution in [1.29, 1.82) is 0 Å². The topological polar surface area (TPSA) is 84.6 Å². The predicted molar refractivity (Wildman–Crippen MR) is 61.4 cm³/mol. The molecule has 0 saturated heterocycles. The van der Waals surface area contributed by atoms with Crippen LogP contribution >= 0.6 is 0 Å². The molecule has 16 heavy (non-hydrogen) atoms. The van der Waals surface area contributed by atoms with Crippen molar-refractivity contribution in [3.05, 3.63) is 23.8 Å². The van der Waals surface area contributed by atoms with Crippen LogP contribution in [0.5, 0.6) is 5.75 Å². The number of ether oxygens (including phenoxy) is 1. The van der Waals surface area contributed by atoms with Gasteiger partial charge in [0.25, 0.3) is 5.91 Å². The number of aliphatic hydroxyl groups excluding tert-OH is 1. The Hall–Kier alpha value is -1.75. The molecule has 0 spiro atoms. The van der Waals surface area contributed by atoms with Gasteiger partial charge in [0.05, 0.1) is 13.2 Å². The van der Waals surface area contributed by atoms with E-state index in [2.05, 4.69) is 5.32 Å². The maximum Gasteiger partial charge on any atom is 0.257 e. The molecule has 1 rings (SSSR count). The summed E-state index contributed by atoms with van der Waals surface area (Å²) in [6.45, 7) is 2.38. The van der Waals surface area contributed by atoms with Crippen LogP contribution in [0.25, 0.3) is 0 Å². The van der Waals surface area contributed by atoms with Crippen LogP contribution in [0.3, 0.4) is 0 Å². The van der Waals surface area contributed by atoms with Crippen molar-refractivity contribution in [3.8, 4) is 5.75 Å². The minimum Gasteiger partial charge on any atom is -0.493 e. The molecule has 88 valence electrons. The summed E-state index contributed by atoms with van der Waals surface area (Å²) >= 11 is 0. The number of benzene rings is 1. The van der Waals surface area contributed by atoms with Crippen molar-refractivity contribution >= 4 is 11.6 Å². The van der Waals surface area contributed by atoms with Crippen LogP contribution in [0.1, 0.15) is 17.3 Å². The molecule has 0 aromatic heterocycles. The maximum atomic E-state index is 11.7. The van der Waals surface area contributed by atoms with Crippen molar-refractivity contribution in [2.45, 2.75) is 6.92 Å². The van der Waals surface area contributed by atoms with Gasteiger partial charge in [-0.05, 0) is 19.1 Å². The van der Waals surface area contributed by atoms with Crippen LogP contribution < -0.4 is 15.8 Å². The molecule has 1 aromatic rings. The van der Waals surface area contributed by atoms with Crippen LogP contribution in [-0.2, 0) is 0 Å². The standard InChI is InChI=1S/C11H16N2O3/c1-2-16-9-5-3-4-8(12)10(9)11(15)13-6-7-14/h3-5,14H,2,6-7,12H2,1H3,(H,13,15). The largest absolute Gasteiger partial charge is 0.493 e. The van der Waals surface area contributed by atoms with E-state index < -0.39 is 0 Å². The number of aliphatic hydroxyl groups is 1. The summed E-state index contributed by atoms with van der Waals surface area (Å²) in [4.78, 5) is 11.7. The van der Waals surface area contributed by atoms with Gasteiger partial charge >= 0.3 is 0 Å². The third-order valence-corrected chi connectivity index (χ3v) is 1.98. The number of carbonyl (C=O) groups excluding carboxylic acids is 1. The molecule has 5 nitrogen and oxygen atoms in total. The van der Waals surface area contributed by atoms with E-state index in [0.29, 0.717) is 23.6 Å². The first-order chi connectivity index (χ1) is 7.70. The van der Waals surface area contributed by atoms with Gasteiger partial charge < -0.3 is 20.9 Å². The number of carbonyl (C=O) groups is 1. The van der Waals surface area contributed by atoms with Gasteiger partial charge in [-0.1, -0.05) is 6.07 Å². The highest BCUT2D eigenvalue weighted by Crippen LogP contribution is 2.24. The van der Waals surface area contributed by atoms with E-state index in [4.69, 9.17) is 15.6 Å². The fourth-order valence-corrected chi connectivity index (χ4v) is 1.32. The summed E-state index contributed by atoms with van der Waals surface area (Å²) in [7, 11) is 0. The van der Waals surface area contributed by atoms with Crippen molar-refractivity contribution in [2.75, 3.05) is 25.5 Å². The number of hydrogen-bond donors (Lipinski definition) is 3. The van der Waals surface area contributed by atoms with Crippen LogP contribution in [0.2, 0.25) is 0 Å². The highest BCUT2D eigenvalue weighted by atomic mass is 16.5. The van der Waals surface area contributed by atoms with Crippen LogP contribution in [0, 0.1) is 0 Å². The number of rotatable bonds is 5. The van der Waals surface area contributed by atoms with Crippen LogP contribution in [0.4, 0.5) is 5.69 Å². The SMILES string of the molecule is CCOc1cccc(N)c1C(=O)NCCO. The second kappa shape index (κ2) is 5.97. The first-order valence-corrected chi connectivity index (χ1v) is 5.11. The van der Waals surface area contributed by atoms with Gasteiger partial charge in [-0.2, -0.15) is 0 Å². The first kappa shape index (κ1) is 12.3. The third-order valence-electron chi connectivity index (χ3n) is 1.98. The number of nitrogens with one attached hydrogen (secondary N) is 1. The van der Waals surface area contributed by atoms with Gasteiger partial charge in [0.2, 0.25) is 0 Å². The highest BCUT2D eigenvalue weighted by molar-refractivity contribution is 6.01. The maximum absolute atomic E-state index is 11.7. The Morgan fingerprint density at radius 2 is 2.31 bits per heavy atom. The molecule has 0 fully saturated rings. The molecule has 0 aliphatic carbocycles. The number of anilines is 1. The van der Waals surface area contributed by atoms with E-state index in [0.717, 1.165) is 0 Å². The molecule has 0 bridgehead atoms. The monoisotopic (exact) mass is 224 g/mol. The van der Waals surface area contributed by atoms with E-state index >= 15 is 0 Å². The van der Waals surface area contributed by atoms with Gasteiger partial charge in [-0.15, -0.1) is 0 Å². The van der Waals surface area contributed by atoms with E-state index in [1.165, 1.54) is 0 Å². The number of nitrogen functional groups attached to an aromatic ring is 1. The highest BCUT2D eigenvalue weighted by Gasteiger charge is 2.15. The zero-order valence-electron chi connectivity index (χ0n) is 9.19. The van der Waals surface area contributed by atoms with E-state index in [-0.39, 0.29) is 19.1 Å². The minimum atomic E-state index is -0.337. The molecule has 0 unspecified atom stereocenters. The summed E-state index contributed by atoms with van der Waals surface area (Å²) < 4.78 is 5.32. The molecule has 0 aliphatic rings. The lowest BCUT2D eigenvalue weighted by Gasteiger charge is -2.12. The van der Waals surface area contributed by atoms with Crippen molar-refractivity contribution in [1.82, 2.24) is 5.32 Å². The third kappa shape index (κ3) is 2.87. The fraction of sp³-hybridized carbons (Fsp3) is 0.364. The molecule has 4 N–H and O–H groups in total. The quantitative estimate of drug-likeness (QED) is 0.632. The normalized spacial score (nSPS) is 9.88. The molecule has 0 aliphatic heterocycles. The summed E-state index contributed by atoms with van der Waals surface area (Å²) in [6.07, 6.45) is 0. The van der Waals surface area contributed by atoms with Gasteiger partial charge in [-0.25, -0.2) is 0 Å². The molecular weight excluding hydrogens is 208 g/mol. The Morgan fingerprint density at radius 1 is 1.56 bits per heavy atom. The minimum absolute atomic E-state index is 0.109. The van der Waals surface area contributed by atoms with E-state index in [1.807, 2.05) is 6.92 Å². The smallest absolute Gasteiger partial charge is 0.257 e. The predicted octanol–water partition coefficient (Wildman–Crippen LogP) is 0.390. The second-order valence-electron chi connectivity index (χ2n) is 3.13. The molecule has 0 heterocycles. The summed E-state index contributed by atoms with van der Waals surface area (Å²) in [5, 5.41) is 11.2. The van der Waals surface area contributed by atoms with Gasteiger partial charge in [-0.3, -0.25) is 4.79 Å². The number of hydrogen-bond acceptors (Lipinski definition) is 4. The van der Waals surface area contributed by atoms with Gasteiger partial charge in [0, 0.05) is 12.2 Å². The molecule has 1 amide bonds. The Balaban J connectivity index is 2.95.